The van der Waals surface area contributed by atoms with Gasteiger partial charge in [0.15, 0.2) is 0 Å². The van der Waals surface area contributed by atoms with E-state index in [1.54, 1.807) is 6.26 Å². The maximum Gasteiger partial charge on any atom is 0.255 e. The molecule has 1 aromatic heterocycles. The Hall–Kier alpha value is -0.480. The number of hydrogen-bond donors (Lipinski definition) is 1. The number of thioether (sulfide) groups is 1. The lowest BCUT2D eigenvalue weighted by atomic mass is 10.1. The van der Waals surface area contributed by atoms with E-state index in [0.29, 0.717) is 11.0 Å². The first-order valence-corrected chi connectivity index (χ1v) is 5.29. The lowest BCUT2D eigenvalue weighted by Crippen LogP contribution is -2.25. The first-order valence-electron chi connectivity index (χ1n) is 4.31. The fraction of sp³-hybridized carbons (Fsp3) is 0.667. The highest BCUT2D eigenvalue weighted by Gasteiger charge is 2.18. The molecule has 0 fully saturated rings. The van der Waals surface area contributed by atoms with Gasteiger partial charge in [-0.3, -0.25) is 0 Å². The van der Waals surface area contributed by atoms with Gasteiger partial charge >= 0.3 is 0 Å². The van der Waals surface area contributed by atoms with E-state index in [1.807, 2.05) is 20.8 Å². The Kier molecular flexibility index (Phi) is 3.39. The first-order chi connectivity index (χ1) is 6.03. The van der Waals surface area contributed by atoms with Crippen molar-refractivity contribution in [3.8, 4) is 0 Å². The molecular formula is C9H15NO2S. The molecule has 1 N–H and O–H groups in total. The van der Waals surface area contributed by atoms with Gasteiger partial charge in [0, 0.05) is 5.75 Å². The molecule has 0 spiro atoms. The SMILES string of the molecule is CCC(C)(O)CSc1nc(C)co1. The molecule has 1 aromatic rings. The van der Waals surface area contributed by atoms with Crippen molar-refractivity contribution >= 4 is 11.8 Å². The molecule has 1 atom stereocenters. The third-order valence-electron chi connectivity index (χ3n) is 1.87. The summed E-state index contributed by atoms with van der Waals surface area (Å²) in [5.41, 5.74) is 0.242. The van der Waals surface area contributed by atoms with Crippen LogP contribution in [0, 0.1) is 6.92 Å². The van der Waals surface area contributed by atoms with E-state index < -0.39 is 5.60 Å². The minimum Gasteiger partial charge on any atom is -0.440 e. The van der Waals surface area contributed by atoms with E-state index in [4.69, 9.17) is 4.42 Å². The third-order valence-corrected chi connectivity index (χ3v) is 3.07. The molecule has 13 heavy (non-hydrogen) atoms. The third kappa shape index (κ3) is 3.40. The summed E-state index contributed by atoms with van der Waals surface area (Å²) in [5.74, 6) is 0.615. The standard InChI is InChI=1S/C9H15NO2S/c1-4-9(3,11)6-13-8-10-7(2)5-12-8/h5,11H,4,6H2,1-3H3. The van der Waals surface area contributed by atoms with Crippen LogP contribution in [0.2, 0.25) is 0 Å². The van der Waals surface area contributed by atoms with Crippen molar-refractivity contribution in [1.82, 2.24) is 4.98 Å². The Morgan fingerprint density at radius 3 is 2.85 bits per heavy atom. The predicted octanol–water partition coefficient (Wildman–Crippen LogP) is 2.24. The summed E-state index contributed by atoms with van der Waals surface area (Å²) < 4.78 is 5.14. The highest BCUT2D eigenvalue weighted by molar-refractivity contribution is 7.99. The van der Waals surface area contributed by atoms with Crippen molar-refractivity contribution in [3.05, 3.63) is 12.0 Å². The molecule has 0 aliphatic heterocycles. The number of rotatable bonds is 4. The van der Waals surface area contributed by atoms with Crippen molar-refractivity contribution in [3.63, 3.8) is 0 Å². The smallest absolute Gasteiger partial charge is 0.255 e. The van der Waals surface area contributed by atoms with Crippen molar-refractivity contribution < 1.29 is 9.52 Å². The Balaban J connectivity index is 2.43. The number of oxazole rings is 1. The summed E-state index contributed by atoms with van der Waals surface area (Å²) in [7, 11) is 0. The van der Waals surface area contributed by atoms with E-state index in [-0.39, 0.29) is 0 Å². The summed E-state index contributed by atoms with van der Waals surface area (Å²) in [6.07, 6.45) is 2.35. The second-order valence-electron chi connectivity index (χ2n) is 3.39. The molecule has 0 radical (unpaired) electrons. The van der Waals surface area contributed by atoms with E-state index in [9.17, 15) is 5.11 Å². The molecule has 0 bridgehead atoms. The summed E-state index contributed by atoms with van der Waals surface area (Å²) in [5, 5.41) is 10.3. The molecule has 3 nitrogen and oxygen atoms in total. The normalized spacial score (nSPS) is 15.7. The minimum absolute atomic E-state index is 0.615. The van der Waals surface area contributed by atoms with Crippen molar-refractivity contribution in [2.24, 2.45) is 0 Å². The van der Waals surface area contributed by atoms with E-state index in [2.05, 4.69) is 4.98 Å². The zero-order chi connectivity index (χ0) is 9.90. The summed E-state index contributed by atoms with van der Waals surface area (Å²) >= 11 is 1.44. The van der Waals surface area contributed by atoms with E-state index >= 15 is 0 Å². The molecule has 0 aliphatic rings. The Bertz CT molecular complexity index is 270. The molecule has 1 heterocycles. The van der Waals surface area contributed by atoms with Crippen molar-refractivity contribution in [1.29, 1.82) is 0 Å². The average molecular weight is 201 g/mol. The second kappa shape index (κ2) is 4.15. The largest absolute Gasteiger partial charge is 0.440 e. The lowest BCUT2D eigenvalue weighted by Gasteiger charge is -2.18. The van der Waals surface area contributed by atoms with Crippen LogP contribution in [0.4, 0.5) is 0 Å². The minimum atomic E-state index is -0.632. The molecule has 1 rings (SSSR count). The van der Waals surface area contributed by atoms with Crippen LogP contribution in [-0.2, 0) is 0 Å². The molecular weight excluding hydrogens is 186 g/mol. The van der Waals surface area contributed by atoms with Gasteiger partial charge in [0.2, 0.25) is 0 Å². The quantitative estimate of drug-likeness (QED) is 0.759. The van der Waals surface area contributed by atoms with Crippen LogP contribution in [0.5, 0.6) is 0 Å². The summed E-state index contributed by atoms with van der Waals surface area (Å²) in [6, 6.07) is 0. The fourth-order valence-electron chi connectivity index (χ4n) is 0.718. The number of aliphatic hydroxyl groups is 1. The maximum atomic E-state index is 9.70. The summed E-state index contributed by atoms with van der Waals surface area (Å²) in [6.45, 7) is 5.66. The van der Waals surface area contributed by atoms with Gasteiger partial charge in [-0.2, -0.15) is 0 Å². The number of hydrogen-bond acceptors (Lipinski definition) is 4. The van der Waals surface area contributed by atoms with Crippen molar-refractivity contribution in [2.45, 2.75) is 38.0 Å². The van der Waals surface area contributed by atoms with Crippen LogP contribution in [0.1, 0.15) is 26.0 Å². The van der Waals surface area contributed by atoms with Gasteiger partial charge in [-0.1, -0.05) is 18.7 Å². The zero-order valence-electron chi connectivity index (χ0n) is 8.20. The zero-order valence-corrected chi connectivity index (χ0v) is 9.02. The van der Waals surface area contributed by atoms with Gasteiger partial charge in [-0.25, -0.2) is 4.98 Å². The van der Waals surface area contributed by atoms with Crippen LogP contribution < -0.4 is 0 Å². The molecule has 4 heteroatoms. The lowest BCUT2D eigenvalue weighted by molar-refractivity contribution is 0.0813. The fourth-order valence-corrected chi connectivity index (χ4v) is 1.68. The average Bonchev–Trinajstić information content (AvgIpc) is 2.48. The van der Waals surface area contributed by atoms with Crippen LogP contribution in [0.25, 0.3) is 0 Å². The van der Waals surface area contributed by atoms with Crippen LogP contribution in [0.15, 0.2) is 15.9 Å². The van der Waals surface area contributed by atoms with Gasteiger partial charge in [-0.15, -0.1) is 0 Å². The van der Waals surface area contributed by atoms with Crippen LogP contribution >= 0.6 is 11.8 Å². The van der Waals surface area contributed by atoms with E-state index in [0.717, 1.165) is 12.1 Å². The van der Waals surface area contributed by atoms with Gasteiger partial charge < -0.3 is 9.52 Å². The molecule has 0 saturated carbocycles. The molecule has 74 valence electrons. The number of aryl methyl sites for hydroxylation is 1. The maximum absolute atomic E-state index is 9.70. The van der Waals surface area contributed by atoms with Crippen LogP contribution in [0.3, 0.4) is 0 Å². The number of aromatic nitrogens is 1. The summed E-state index contributed by atoms with van der Waals surface area (Å²) in [4.78, 5) is 4.13. The first kappa shape index (κ1) is 10.6. The molecule has 0 aliphatic carbocycles. The van der Waals surface area contributed by atoms with Gasteiger partial charge in [0.1, 0.15) is 6.26 Å². The monoisotopic (exact) mass is 201 g/mol. The number of nitrogens with zero attached hydrogens (tertiary/aromatic N) is 1. The van der Waals surface area contributed by atoms with Gasteiger partial charge in [0.05, 0.1) is 11.3 Å². The molecule has 0 amide bonds. The molecule has 1 unspecified atom stereocenters. The van der Waals surface area contributed by atoms with Gasteiger partial charge in [0.25, 0.3) is 5.22 Å². The second-order valence-corrected chi connectivity index (χ2v) is 4.32. The topological polar surface area (TPSA) is 46.3 Å². The molecule has 0 aromatic carbocycles. The van der Waals surface area contributed by atoms with Crippen LogP contribution in [-0.4, -0.2) is 21.4 Å². The predicted molar refractivity (Wildman–Crippen MR) is 52.9 cm³/mol. The van der Waals surface area contributed by atoms with E-state index in [1.165, 1.54) is 11.8 Å². The molecule has 0 saturated heterocycles. The van der Waals surface area contributed by atoms with Gasteiger partial charge in [-0.05, 0) is 20.3 Å². The van der Waals surface area contributed by atoms with Crippen molar-refractivity contribution in [2.75, 3.05) is 5.75 Å². The highest BCUT2D eigenvalue weighted by Crippen LogP contribution is 2.23. The Morgan fingerprint density at radius 2 is 2.38 bits per heavy atom. The Morgan fingerprint density at radius 1 is 1.69 bits per heavy atom. The highest BCUT2D eigenvalue weighted by atomic mass is 32.2. The Labute approximate surface area is 82.6 Å².